The lowest BCUT2D eigenvalue weighted by atomic mass is 9.91. The minimum Gasteiger partial charge on any atom is -0.544 e. The summed E-state index contributed by atoms with van der Waals surface area (Å²) < 4.78 is 40.5. The smallest absolute Gasteiger partial charge is 0.374 e. The number of ether oxygens (including phenoxy) is 6. The van der Waals surface area contributed by atoms with E-state index in [4.69, 9.17) is 32.8 Å². The number of hydrogen-bond donors (Lipinski definition) is 1. The van der Waals surface area contributed by atoms with Gasteiger partial charge in [-0.2, -0.15) is 0 Å². The van der Waals surface area contributed by atoms with Crippen molar-refractivity contribution < 1.29 is 66.7 Å². The summed E-state index contributed by atoms with van der Waals surface area (Å²) in [4.78, 5) is 79.3. The summed E-state index contributed by atoms with van der Waals surface area (Å²) in [5.74, 6) is -5.88. The molecule has 2 heterocycles. The number of imide groups is 1. The molecule has 0 unspecified atom stereocenters. The number of benzene rings is 2. The second-order valence-corrected chi connectivity index (χ2v) is 20.5. The zero-order chi connectivity index (χ0) is 41.3. The summed E-state index contributed by atoms with van der Waals surface area (Å²) >= 11 is 0. The van der Waals surface area contributed by atoms with Gasteiger partial charge in [0.2, 0.25) is 14.1 Å². The molecule has 1 N–H and O–H groups in total. The van der Waals surface area contributed by atoms with Crippen LogP contribution in [-0.2, 0) is 47.6 Å². The van der Waals surface area contributed by atoms with Crippen LogP contribution in [0.25, 0.3) is 6.08 Å². The van der Waals surface area contributed by atoms with Gasteiger partial charge < -0.3 is 38.0 Å². The summed E-state index contributed by atoms with van der Waals surface area (Å²) in [7, 11) is -2.21. The summed E-state index contributed by atoms with van der Waals surface area (Å²) in [6.07, 6.45) is -6.47. The van der Waals surface area contributed by atoms with Crippen molar-refractivity contribution in [3.63, 3.8) is 0 Å². The lowest BCUT2D eigenvalue weighted by molar-refractivity contribution is -0.358. The molecule has 0 saturated carbocycles. The molecule has 0 aromatic heterocycles. The molecule has 1 fully saturated rings. The molecule has 2 aromatic carbocycles. The van der Waals surface area contributed by atoms with Crippen molar-refractivity contribution in [2.24, 2.45) is 0 Å². The number of amides is 2. The van der Waals surface area contributed by atoms with Crippen molar-refractivity contribution in [1.29, 1.82) is 0 Å². The van der Waals surface area contributed by atoms with Crippen LogP contribution in [0.5, 0.6) is 5.75 Å². The maximum Gasteiger partial charge on any atom is 0.374 e. The van der Waals surface area contributed by atoms with Gasteiger partial charge in [0.1, 0.15) is 24.1 Å². The topological polar surface area (TPSA) is 190 Å². The van der Waals surface area contributed by atoms with Gasteiger partial charge in [0, 0.05) is 20.8 Å². The van der Waals surface area contributed by atoms with Crippen LogP contribution in [0, 0.1) is 0 Å². The maximum atomic E-state index is 14.0. The van der Waals surface area contributed by atoms with Crippen LogP contribution in [-0.4, -0.2) is 96.6 Å². The third kappa shape index (κ3) is 9.61. The van der Waals surface area contributed by atoms with Crippen molar-refractivity contribution in [3.05, 3.63) is 71.0 Å². The Morgan fingerprint density at radius 1 is 0.836 bits per heavy atom. The van der Waals surface area contributed by atoms with E-state index in [0.29, 0.717) is 16.2 Å². The molecular weight excluding hydrogens is 735 g/mol. The molecule has 55 heavy (non-hydrogen) atoms. The van der Waals surface area contributed by atoms with E-state index < -0.39 is 92.3 Å². The Morgan fingerprint density at radius 2 is 1.38 bits per heavy atom. The monoisotopic (exact) mass is 783 g/mol. The largest absolute Gasteiger partial charge is 0.544 e. The quantitative estimate of drug-likeness (QED) is 0.0808. The molecule has 2 aromatic rings. The first-order valence-electron chi connectivity index (χ1n) is 17.6. The highest BCUT2D eigenvalue weighted by atomic mass is 28.4. The van der Waals surface area contributed by atoms with E-state index in [-0.39, 0.29) is 16.2 Å². The molecule has 2 aliphatic heterocycles. The number of aliphatic hydroxyl groups is 1. The van der Waals surface area contributed by atoms with E-state index in [9.17, 15) is 33.9 Å². The molecule has 2 amide bonds. The molecule has 0 radical (unpaired) electrons. The molecule has 5 atom stereocenters. The Labute approximate surface area is 320 Å². The SMILES string of the molecule is CC(=O)OC[C@H]1O[C@@H](O/C(=C\c2ccc(O[Si](C)(C)C(C)(C)C)cc2)C(=O)OC(C)(C)C)[C@@](O)(N2C(=O)c3ccccc3C2=O)[C@@H](OC(C)=O)[C@H]1OC(C)=O. The van der Waals surface area contributed by atoms with E-state index in [2.05, 4.69) is 33.9 Å². The average Bonchev–Trinajstić information content (AvgIpc) is 3.31. The number of hydrogen-bond acceptors (Lipinski definition) is 14. The molecule has 2 aliphatic rings. The summed E-state index contributed by atoms with van der Waals surface area (Å²) in [5, 5.41) is 12.8. The third-order valence-electron chi connectivity index (χ3n) is 9.12. The van der Waals surface area contributed by atoms with E-state index in [1.54, 1.807) is 45.0 Å². The standard InChI is InChI=1S/C39H49NO14Si/c1-22(41)48-21-30-31(49-23(2)42)32(50-24(3)43)39(47,40-33(44)27-14-12-13-15-28(27)34(40)45)36(52-30)51-29(35(46)53-37(4,5)6)20-25-16-18-26(19-17-25)54-55(10,11)38(7,8)9/h12-20,30-32,36,47H,21H2,1-11H3/b29-20-/t30-,31+,32+,36-,39-/m1/s1. The highest BCUT2D eigenvalue weighted by molar-refractivity contribution is 6.74. The molecule has 0 aliphatic carbocycles. The number of fused-ring (bicyclic) bond motifs is 1. The summed E-state index contributed by atoms with van der Waals surface area (Å²) in [5.41, 5.74) is -4.04. The molecule has 16 heteroatoms. The zero-order valence-electron chi connectivity index (χ0n) is 32.9. The van der Waals surface area contributed by atoms with E-state index >= 15 is 0 Å². The van der Waals surface area contributed by atoms with Crippen molar-refractivity contribution in [1.82, 2.24) is 4.90 Å². The average molecular weight is 784 g/mol. The van der Waals surface area contributed by atoms with Crippen LogP contribution >= 0.6 is 0 Å². The number of rotatable bonds is 11. The first-order valence-corrected chi connectivity index (χ1v) is 20.5. The molecule has 0 bridgehead atoms. The van der Waals surface area contributed by atoms with Crippen LogP contribution in [0.15, 0.2) is 54.3 Å². The minimum atomic E-state index is -3.15. The number of esters is 4. The highest BCUT2D eigenvalue weighted by Gasteiger charge is 2.68. The van der Waals surface area contributed by atoms with Crippen molar-refractivity contribution >= 4 is 50.1 Å². The minimum absolute atomic E-state index is 0.0781. The van der Waals surface area contributed by atoms with Crippen LogP contribution < -0.4 is 4.43 Å². The fourth-order valence-corrected chi connectivity index (χ4v) is 6.61. The first kappa shape index (κ1) is 42.7. The fraction of sp³-hybridized carbons (Fsp3) is 0.487. The van der Waals surface area contributed by atoms with Crippen molar-refractivity contribution in [2.75, 3.05) is 6.61 Å². The molecular formula is C39H49NO14Si. The second kappa shape index (κ2) is 16.0. The summed E-state index contributed by atoms with van der Waals surface area (Å²) in [6.45, 7) is 17.8. The third-order valence-corrected chi connectivity index (χ3v) is 13.5. The predicted octanol–water partition coefficient (Wildman–Crippen LogP) is 4.91. The van der Waals surface area contributed by atoms with Gasteiger partial charge in [-0.15, -0.1) is 0 Å². The Morgan fingerprint density at radius 3 is 1.85 bits per heavy atom. The van der Waals surface area contributed by atoms with Crippen LogP contribution in [0.4, 0.5) is 0 Å². The van der Waals surface area contributed by atoms with Crippen molar-refractivity contribution in [2.45, 2.75) is 116 Å². The Hall–Kier alpha value is -5.06. The van der Waals surface area contributed by atoms with Crippen molar-refractivity contribution in [3.8, 4) is 5.75 Å². The highest BCUT2D eigenvalue weighted by Crippen LogP contribution is 2.43. The molecule has 4 rings (SSSR count). The van der Waals surface area contributed by atoms with Crippen LogP contribution in [0.1, 0.15) is 88.6 Å². The van der Waals surface area contributed by atoms with Gasteiger partial charge >= 0.3 is 23.9 Å². The first-order chi connectivity index (χ1) is 25.4. The number of carbonyl (C=O) groups excluding carboxylic acids is 6. The maximum absolute atomic E-state index is 14.0. The number of carbonyl (C=O) groups is 6. The van der Waals surface area contributed by atoms with E-state index in [0.717, 1.165) is 20.8 Å². The predicted molar refractivity (Wildman–Crippen MR) is 197 cm³/mol. The van der Waals surface area contributed by atoms with Gasteiger partial charge in [0.15, 0.2) is 12.2 Å². The lowest BCUT2D eigenvalue weighted by Gasteiger charge is -2.51. The lowest BCUT2D eigenvalue weighted by Crippen LogP contribution is -2.76. The molecule has 1 saturated heterocycles. The van der Waals surface area contributed by atoms with Gasteiger partial charge in [0.05, 0.1) is 11.1 Å². The molecule has 298 valence electrons. The van der Waals surface area contributed by atoms with Gasteiger partial charge in [-0.1, -0.05) is 45.0 Å². The Bertz CT molecular complexity index is 1820. The van der Waals surface area contributed by atoms with Gasteiger partial charge in [-0.3, -0.25) is 24.0 Å². The second-order valence-electron chi connectivity index (χ2n) is 15.7. The fourth-order valence-electron chi connectivity index (χ4n) is 5.58. The summed E-state index contributed by atoms with van der Waals surface area (Å²) in [6, 6.07) is 12.4. The molecule has 15 nitrogen and oxygen atoms in total. The Kier molecular flexibility index (Phi) is 12.4. The van der Waals surface area contributed by atoms with E-state index in [1.807, 2.05) is 0 Å². The van der Waals surface area contributed by atoms with E-state index in [1.165, 1.54) is 30.3 Å². The van der Waals surface area contributed by atoms with Gasteiger partial charge in [0.25, 0.3) is 23.8 Å². The number of nitrogens with zero attached hydrogens (tertiary/aromatic N) is 1. The molecule has 0 spiro atoms. The zero-order valence-corrected chi connectivity index (χ0v) is 33.9. The van der Waals surface area contributed by atoms with Crippen LogP contribution in [0.2, 0.25) is 18.1 Å². The normalized spacial score (nSPS) is 23.1. The van der Waals surface area contributed by atoms with Gasteiger partial charge in [-0.05, 0) is 74.8 Å². The Balaban J connectivity index is 1.91. The van der Waals surface area contributed by atoms with Crippen LogP contribution in [0.3, 0.4) is 0 Å². The van der Waals surface area contributed by atoms with Gasteiger partial charge in [-0.25, -0.2) is 9.69 Å².